The van der Waals surface area contributed by atoms with E-state index >= 15 is 0 Å². The second kappa shape index (κ2) is 12.9. The maximum absolute atomic E-state index is 13.3. The number of furan rings is 1. The molecule has 1 saturated heterocycles. The molecule has 1 N–H and O–H groups in total. The number of nitrogens with one attached hydrogen (secondary N) is 1. The Balaban J connectivity index is 1.05. The Morgan fingerprint density at radius 3 is 2.34 bits per heavy atom. The van der Waals surface area contributed by atoms with Crippen LogP contribution in [0.2, 0.25) is 5.02 Å². The number of anilines is 1. The van der Waals surface area contributed by atoms with Crippen LogP contribution in [0, 0.1) is 11.3 Å². The fourth-order valence-electron chi connectivity index (χ4n) is 5.61. The minimum Gasteiger partial charge on any atom is -0.458 e. The number of rotatable bonds is 7. The van der Waals surface area contributed by atoms with Crippen LogP contribution in [0.1, 0.15) is 48.1 Å². The zero-order chi connectivity index (χ0) is 31.6. The minimum atomic E-state index is -4.62. The highest BCUT2D eigenvalue weighted by Crippen LogP contribution is 2.37. The predicted molar refractivity (Wildman–Crippen MR) is 150 cm³/mol. The molecular formula is C30H29ClF6N4O3. The van der Waals surface area contributed by atoms with Gasteiger partial charge < -0.3 is 19.4 Å². The third-order valence-electron chi connectivity index (χ3n) is 8.05. The number of piperazine rings is 1. The number of hydrogen-bond donors (Lipinski definition) is 1. The number of alkyl halides is 6. The van der Waals surface area contributed by atoms with E-state index in [9.17, 15) is 31.1 Å². The monoisotopic (exact) mass is 642 g/mol. The van der Waals surface area contributed by atoms with Crippen LogP contribution in [0.25, 0.3) is 11.0 Å². The van der Waals surface area contributed by atoms with Crippen LogP contribution in [0.5, 0.6) is 0 Å². The number of halogens is 7. The molecule has 2 fully saturated rings. The molecule has 5 rings (SSSR count). The first-order chi connectivity index (χ1) is 20.8. The van der Waals surface area contributed by atoms with Gasteiger partial charge in [-0.05, 0) is 62.1 Å². The first-order valence-electron chi connectivity index (χ1n) is 14.1. The average Bonchev–Trinajstić information content (AvgIpc) is 3.30. The van der Waals surface area contributed by atoms with Crippen molar-refractivity contribution in [3.8, 4) is 6.07 Å². The molecule has 3 aromatic rings. The van der Waals surface area contributed by atoms with Gasteiger partial charge in [0.2, 0.25) is 5.91 Å². The summed E-state index contributed by atoms with van der Waals surface area (Å²) >= 11 is 6.35. The molecule has 44 heavy (non-hydrogen) atoms. The molecule has 1 aromatic heterocycles. The molecule has 236 valence electrons. The molecule has 2 heterocycles. The van der Waals surface area contributed by atoms with Gasteiger partial charge in [0.25, 0.3) is 0 Å². The summed E-state index contributed by atoms with van der Waals surface area (Å²) in [5.74, 6) is 0.220. The lowest BCUT2D eigenvalue weighted by Gasteiger charge is -2.35. The van der Waals surface area contributed by atoms with E-state index in [1.165, 1.54) is 12.1 Å². The van der Waals surface area contributed by atoms with Gasteiger partial charge in [-0.2, -0.15) is 31.6 Å². The number of carbonyl (C=O) groups is 1. The lowest BCUT2D eigenvalue weighted by molar-refractivity contribution is -0.141. The van der Waals surface area contributed by atoms with Crippen LogP contribution in [-0.4, -0.2) is 60.6 Å². The quantitative estimate of drug-likeness (QED) is 0.278. The molecule has 14 heteroatoms. The van der Waals surface area contributed by atoms with Crippen molar-refractivity contribution < 1.29 is 40.3 Å². The second-order valence-corrected chi connectivity index (χ2v) is 11.4. The van der Waals surface area contributed by atoms with Gasteiger partial charge in [0, 0.05) is 43.3 Å². The lowest BCUT2D eigenvalue weighted by Crippen LogP contribution is -2.49. The van der Waals surface area contributed by atoms with Crippen molar-refractivity contribution in [2.75, 3.05) is 38.1 Å². The van der Waals surface area contributed by atoms with Crippen molar-refractivity contribution in [1.29, 1.82) is 5.26 Å². The summed E-state index contributed by atoms with van der Waals surface area (Å²) in [6.07, 6.45) is -6.66. The molecule has 1 aliphatic heterocycles. The van der Waals surface area contributed by atoms with Crippen molar-refractivity contribution in [2.45, 2.75) is 56.7 Å². The SMILES string of the molecule is N#Cc1ccc(N[C@H]2CC[C@H](OCC(=O)N3CCN(Cc4oc5ccc(C(F)(F)F)cc5c4Cl)CC3)CC2)cc1C(F)(F)F. The Morgan fingerprint density at radius 2 is 1.70 bits per heavy atom. The number of benzene rings is 2. The van der Waals surface area contributed by atoms with E-state index in [0.717, 1.165) is 24.3 Å². The smallest absolute Gasteiger partial charge is 0.417 e. The lowest BCUT2D eigenvalue weighted by atomic mass is 9.92. The standard InChI is InChI=1S/C30H29ClF6N4O3/c31-28-23-13-19(29(32,33)34)2-8-25(23)44-26(28)16-40-9-11-41(12-10-40)27(42)17-43-22-6-4-20(5-7-22)39-21-3-1-18(15-38)24(14-21)30(35,36)37/h1-3,8,13-14,20,22,39H,4-7,9-12,16-17H2/t20-,22-. The fraction of sp³-hybridized carbons (Fsp3) is 0.467. The summed E-state index contributed by atoms with van der Waals surface area (Å²) in [5, 5.41) is 12.4. The molecule has 2 aliphatic rings. The molecule has 7 nitrogen and oxygen atoms in total. The van der Waals surface area contributed by atoms with Gasteiger partial charge in [0.1, 0.15) is 18.0 Å². The van der Waals surface area contributed by atoms with E-state index in [1.807, 2.05) is 4.90 Å². The van der Waals surface area contributed by atoms with Crippen LogP contribution in [-0.2, 0) is 28.4 Å². The zero-order valence-corrected chi connectivity index (χ0v) is 24.2. The van der Waals surface area contributed by atoms with Crippen molar-refractivity contribution >= 4 is 34.2 Å². The predicted octanol–water partition coefficient (Wildman–Crippen LogP) is 7.08. The van der Waals surface area contributed by atoms with Gasteiger partial charge in [-0.25, -0.2) is 0 Å². The number of amides is 1. The highest BCUT2D eigenvalue weighted by molar-refractivity contribution is 6.36. The van der Waals surface area contributed by atoms with Gasteiger partial charge in [0.05, 0.1) is 40.4 Å². The Kier molecular flexibility index (Phi) is 9.34. The van der Waals surface area contributed by atoms with Crippen LogP contribution in [0.4, 0.5) is 32.0 Å². The molecule has 0 unspecified atom stereocenters. The van der Waals surface area contributed by atoms with E-state index < -0.39 is 29.0 Å². The minimum absolute atomic E-state index is 0.0559. The van der Waals surface area contributed by atoms with Gasteiger partial charge in [0.15, 0.2) is 0 Å². The summed E-state index contributed by atoms with van der Waals surface area (Å²) in [5.41, 5.74) is -1.62. The molecule has 0 atom stereocenters. The summed E-state index contributed by atoms with van der Waals surface area (Å²) < 4.78 is 90.6. The maximum atomic E-state index is 13.3. The highest BCUT2D eigenvalue weighted by Gasteiger charge is 2.34. The van der Waals surface area contributed by atoms with Gasteiger partial charge in [-0.3, -0.25) is 9.69 Å². The molecule has 1 amide bonds. The van der Waals surface area contributed by atoms with Gasteiger partial charge >= 0.3 is 12.4 Å². The molecule has 0 bridgehead atoms. The van der Waals surface area contributed by atoms with Crippen molar-refractivity contribution in [3.63, 3.8) is 0 Å². The van der Waals surface area contributed by atoms with Gasteiger partial charge in [-0.1, -0.05) is 11.6 Å². The summed E-state index contributed by atoms with van der Waals surface area (Å²) in [6, 6.07) is 8.29. The van der Waals surface area contributed by atoms with Crippen molar-refractivity contribution in [3.05, 3.63) is 63.9 Å². The average molecular weight is 643 g/mol. The normalized spacial score (nSPS) is 20.1. The molecule has 1 saturated carbocycles. The highest BCUT2D eigenvalue weighted by atomic mass is 35.5. The largest absolute Gasteiger partial charge is 0.458 e. The van der Waals surface area contributed by atoms with E-state index in [1.54, 1.807) is 11.0 Å². The Bertz CT molecular complexity index is 1530. The van der Waals surface area contributed by atoms with E-state index in [2.05, 4.69) is 5.32 Å². The summed E-state index contributed by atoms with van der Waals surface area (Å²) in [6.45, 7) is 2.15. The Morgan fingerprint density at radius 1 is 1.00 bits per heavy atom. The summed E-state index contributed by atoms with van der Waals surface area (Å²) in [4.78, 5) is 16.5. The Hall–Kier alpha value is -3.47. The van der Waals surface area contributed by atoms with Crippen molar-refractivity contribution in [2.24, 2.45) is 0 Å². The molecule has 0 radical (unpaired) electrons. The zero-order valence-electron chi connectivity index (χ0n) is 23.4. The molecule has 0 spiro atoms. The maximum Gasteiger partial charge on any atom is 0.417 e. The van der Waals surface area contributed by atoms with Crippen LogP contribution >= 0.6 is 11.6 Å². The van der Waals surface area contributed by atoms with Crippen LogP contribution in [0.15, 0.2) is 40.8 Å². The molecular weight excluding hydrogens is 614 g/mol. The van der Waals surface area contributed by atoms with Crippen molar-refractivity contribution in [1.82, 2.24) is 9.80 Å². The number of fused-ring (bicyclic) bond motifs is 1. The van der Waals surface area contributed by atoms with E-state index in [-0.39, 0.29) is 40.7 Å². The van der Waals surface area contributed by atoms with E-state index in [0.29, 0.717) is 69.9 Å². The van der Waals surface area contributed by atoms with Crippen LogP contribution in [0.3, 0.4) is 0 Å². The molecule has 2 aromatic carbocycles. The first kappa shape index (κ1) is 31.9. The second-order valence-electron chi connectivity index (χ2n) is 11.0. The first-order valence-corrected chi connectivity index (χ1v) is 14.5. The number of nitrogens with zero attached hydrogens (tertiary/aromatic N) is 3. The third kappa shape index (κ3) is 7.42. The number of nitriles is 1. The molecule has 1 aliphatic carbocycles. The van der Waals surface area contributed by atoms with E-state index in [4.69, 9.17) is 26.0 Å². The summed E-state index contributed by atoms with van der Waals surface area (Å²) in [7, 11) is 0. The van der Waals surface area contributed by atoms with Crippen LogP contribution < -0.4 is 5.32 Å². The topological polar surface area (TPSA) is 81.7 Å². The fourth-order valence-corrected chi connectivity index (χ4v) is 5.86. The number of carbonyl (C=O) groups excluding carboxylic acids is 1. The number of ether oxygens (including phenoxy) is 1. The third-order valence-corrected chi connectivity index (χ3v) is 8.46. The Labute approximate surface area is 254 Å². The van der Waals surface area contributed by atoms with Gasteiger partial charge in [-0.15, -0.1) is 0 Å². The number of hydrogen-bond acceptors (Lipinski definition) is 6.